The number of nitrogens with zero attached hydrogens (tertiary/aromatic N) is 4. The van der Waals surface area contributed by atoms with Gasteiger partial charge in [-0.1, -0.05) is 48.7 Å². The summed E-state index contributed by atoms with van der Waals surface area (Å²) in [6, 6.07) is 12.4. The molecule has 5 rings (SSSR count). The first-order chi connectivity index (χ1) is 16.5. The van der Waals surface area contributed by atoms with Crippen molar-refractivity contribution in [3.63, 3.8) is 0 Å². The van der Waals surface area contributed by atoms with Gasteiger partial charge in [0.15, 0.2) is 5.52 Å². The minimum atomic E-state index is -0.174. The van der Waals surface area contributed by atoms with Crippen LogP contribution in [-0.2, 0) is 0 Å². The van der Waals surface area contributed by atoms with E-state index in [0.29, 0.717) is 34.9 Å². The number of ether oxygens (including phenoxy) is 1. The Hall–Kier alpha value is -3.13. The molecule has 1 aliphatic rings. The van der Waals surface area contributed by atoms with E-state index in [4.69, 9.17) is 19.8 Å². The second kappa shape index (κ2) is 9.62. The number of hydrogen-bond acceptors (Lipinski definition) is 6. The Morgan fingerprint density at radius 1 is 1.06 bits per heavy atom. The molecule has 3 aromatic heterocycles. The molecule has 1 saturated carbocycles. The van der Waals surface area contributed by atoms with Gasteiger partial charge in [-0.3, -0.25) is 9.48 Å². The third-order valence-electron chi connectivity index (χ3n) is 6.26. The zero-order valence-electron chi connectivity index (χ0n) is 19.8. The highest BCUT2D eigenvalue weighted by molar-refractivity contribution is 7.99. The fraction of sp³-hybridized carbons (Fsp3) is 0.385. The zero-order chi connectivity index (χ0) is 23.7. The fourth-order valence-electron chi connectivity index (χ4n) is 4.54. The summed E-state index contributed by atoms with van der Waals surface area (Å²) in [6.07, 6.45) is 5.69. The van der Waals surface area contributed by atoms with Crippen LogP contribution in [0.4, 0.5) is 0 Å². The minimum absolute atomic E-state index is 0.174. The third-order valence-corrected chi connectivity index (χ3v) is 7.20. The maximum Gasteiger partial charge on any atom is 0.277 e. The second-order valence-corrected chi connectivity index (χ2v) is 9.88. The molecule has 1 N–H and O–H groups in total. The van der Waals surface area contributed by atoms with Gasteiger partial charge < -0.3 is 9.72 Å². The van der Waals surface area contributed by atoms with E-state index in [1.165, 1.54) is 24.8 Å². The number of aromatic amines is 1. The monoisotopic (exact) mass is 475 g/mol. The van der Waals surface area contributed by atoms with E-state index in [2.05, 4.69) is 36.2 Å². The van der Waals surface area contributed by atoms with Gasteiger partial charge in [-0.25, -0.2) is 9.97 Å². The molecule has 4 aromatic rings. The van der Waals surface area contributed by atoms with Crippen molar-refractivity contribution in [1.82, 2.24) is 24.7 Å². The standard InChI is InChI=1S/C26H29N5O2S/c1-4-33-26-20(14-15-21(27-26)34-19-12-10-16(2)11-13-19)24-28-22-17(3)30-31(23(22)25(32)29-24)18-8-6-5-7-9-18/h10-15,18H,4-9H2,1-3H3,(H,28,29,32). The number of pyridine rings is 1. The fourth-order valence-corrected chi connectivity index (χ4v) is 5.32. The molecule has 0 amide bonds. The summed E-state index contributed by atoms with van der Waals surface area (Å²) in [6.45, 7) is 6.37. The molecule has 34 heavy (non-hydrogen) atoms. The van der Waals surface area contributed by atoms with E-state index in [0.717, 1.165) is 28.5 Å². The third kappa shape index (κ3) is 4.46. The van der Waals surface area contributed by atoms with E-state index >= 15 is 0 Å². The van der Waals surface area contributed by atoms with Gasteiger partial charge >= 0.3 is 0 Å². The van der Waals surface area contributed by atoms with Crippen LogP contribution in [0.3, 0.4) is 0 Å². The minimum Gasteiger partial charge on any atom is -0.477 e. The summed E-state index contributed by atoms with van der Waals surface area (Å²) >= 11 is 1.57. The molecule has 176 valence electrons. The van der Waals surface area contributed by atoms with Gasteiger partial charge in [0.25, 0.3) is 5.56 Å². The lowest BCUT2D eigenvalue weighted by atomic mass is 9.95. The van der Waals surface area contributed by atoms with Crippen molar-refractivity contribution in [2.24, 2.45) is 0 Å². The van der Waals surface area contributed by atoms with Crippen LogP contribution < -0.4 is 10.3 Å². The van der Waals surface area contributed by atoms with Gasteiger partial charge in [-0.2, -0.15) is 5.10 Å². The smallest absolute Gasteiger partial charge is 0.277 e. The summed E-state index contributed by atoms with van der Waals surface area (Å²) < 4.78 is 7.77. The molecule has 0 aliphatic heterocycles. The number of nitrogens with one attached hydrogen (secondary N) is 1. The molecule has 8 heteroatoms. The van der Waals surface area contributed by atoms with Crippen molar-refractivity contribution < 1.29 is 4.74 Å². The Kier molecular flexibility index (Phi) is 6.41. The Morgan fingerprint density at radius 2 is 1.82 bits per heavy atom. The first-order valence-electron chi connectivity index (χ1n) is 11.9. The number of hydrogen-bond donors (Lipinski definition) is 1. The molecule has 0 radical (unpaired) electrons. The number of H-pyrrole nitrogens is 1. The molecule has 3 heterocycles. The van der Waals surface area contributed by atoms with Crippen molar-refractivity contribution in [2.45, 2.75) is 68.8 Å². The maximum absolute atomic E-state index is 13.2. The first kappa shape index (κ1) is 22.7. The Morgan fingerprint density at radius 3 is 2.56 bits per heavy atom. The summed E-state index contributed by atoms with van der Waals surface area (Å²) in [7, 11) is 0. The molecule has 0 atom stereocenters. The second-order valence-electron chi connectivity index (χ2n) is 8.78. The van der Waals surface area contributed by atoms with E-state index in [1.54, 1.807) is 11.8 Å². The summed E-state index contributed by atoms with van der Waals surface area (Å²) in [5, 5.41) is 5.54. The molecule has 7 nitrogen and oxygen atoms in total. The quantitative estimate of drug-likeness (QED) is 0.376. The summed E-state index contributed by atoms with van der Waals surface area (Å²) in [5.74, 6) is 0.908. The SMILES string of the molecule is CCOc1nc(Sc2ccc(C)cc2)ccc1-c1nc2c(C)nn(C3CCCCC3)c2c(=O)[nH]1. The van der Waals surface area contributed by atoms with Crippen LogP contribution >= 0.6 is 11.8 Å². The number of aryl methyl sites for hydroxylation is 2. The average Bonchev–Trinajstić information content (AvgIpc) is 3.18. The summed E-state index contributed by atoms with van der Waals surface area (Å²) in [5.41, 5.74) is 3.68. The van der Waals surface area contributed by atoms with Crippen LogP contribution in [0.15, 0.2) is 51.1 Å². The van der Waals surface area contributed by atoms with Crippen LogP contribution in [0.25, 0.3) is 22.4 Å². The topological polar surface area (TPSA) is 85.7 Å². The Bertz CT molecular complexity index is 1370. The molecular formula is C26H29N5O2S. The van der Waals surface area contributed by atoms with Gasteiger partial charge in [0.05, 0.1) is 23.9 Å². The molecule has 0 bridgehead atoms. The lowest BCUT2D eigenvalue weighted by Gasteiger charge is -2.22. The zero-order valence-corrected chi connectivity index (χ0v) is 20.6. The molecule has 0 saturated heterocycles. The Labute approximate surface area is 203 Å². The van der Waals surface area contributed by atoms with Gasteiger partial charge in [0.1, 0.15) is 16.4 Å². The van der Waals surface area contributed by atoms with Gasteiger partial charge in [0, 0.05) is 4.90 Å². The van der Waals surface area contributed by atoms with Crippen LogP contribution in [0.1, 0.15) is 56.3 Å². The molecular weight excluding hydrogens is 446 g/mol. The largest absolute Gasteiger partial charge is 0.477 e. The van der Waals surface area contributed by atoms with Crippen molar-refractivity contribution in [1.29, 1.82) is 0 Å². The van der Waals surface area contributed by atoms with Crippen LogP contribution in [0.2, 0.25) is 0 Å². The number of rotatable bonds is 6. The molecule has 1 aromatic carbocycles. The van der Waals surface area contributed by atoms with Crippen molar-refractivity contribution in [2.75, 3.05) is 6.61 Å². The lowest BCUT2D eigenvalue weighted by molar-refractivity contribution is 0.326. The van der Waals surface area contributed by atoms with E-state index < -0.39 is 0 Å². The first-order valence-corrected chi connectivity index (χ1v) is 12.7. The van der Waals surface area contributed by atoms with Crippen molar-refractivity contribution >= 4 is 22.8 Å². The van der Waals surface area contributed by atoms with Gasteiger partial charge in [-0.05, 0) is 57.9 Å². The highest BCUT2D eigenvalue weighted by Crippen LogP contribution is 2.34. The molecule has 1 fully saturated rings. The molecule has 0 unspecified atom stereocenters. The molecule has 1 aliphatic carbocycles. The average molecular weight is 476 g/mol. The van der Waals surface area contributed by atoms with Gasteiger partial charge in [-0.15, -0.1) is 0 Å². The predicted molar refractivity (Wildman–Crippen MR) is 135 cm³/mol. The van der Waals surface area contributed by atoms with E-state index in [9.17, 15) is 4.79 Å². The van der Waals surface area contributed by atoms with Crippen LogP contribution in [-0.4, -0.2) is 31.3 Å². The highest BCUT2D eigenvalue weighted by atomic mass is 32.2. The normalized spacial score (nSPS) is 14.6. The molecule has 0 spiro atoms. The summed E-state index contributed by atoms with van der Waals surface area (Å²) in [4.78, 5) is 26.9. The van der Waals surface area contributed by atoms with Crippen LogP contribution in [0, 0.1) is 13.8 Å². The predicted octanol–water partition coefficient (Wildman–Crippen LogP) is 5.85. The number of benzene rings is 1. The van der Waals surface area contributed by atoms with Crippen molar-refractivity contribution in [3.05, 3.63) is 58.0 Å². The highest BCUT2D eigenvalue weighted by Gasteiger charge is 2.23. The Balaban J connectivity index is 1.53. The number of fused-ring (bicyclic) bond motifs is 1. The lowest BCUT2D eigenvalue weighted by Crippen LogP contribution is -2.19. The van der Waals surface area contributed by atoms with Crippen LogP contribution in [0.5, 0.6) is 5.88 Å². The van der Waals surface area contributed by atoms with E-state index in [1.807, 2.05) is 30.7 Å². The number of aromatic nitrogens is 5. The van der Waals surface area contributed by atoms with E-state index in [-0.39, 0.29) is 11.6 Å². The van der Waals surface area contributed by atoms with Crippen molar-refractivity contribution in [3.8, 4) is 17.3 Å². The van der Waals surface area contributed by atoms with Gasteiger partial charge in [0.2, 0.25) is 5.88 Å². The maximum atomic E-state index is 13.2.